The molecule has 25 heavy (non-hydrogen) atoms. The minimum atomic E-state index is 0.138. The Hall–Kier alpha value is -0.670. The van der Waals surface area contributed by atoms with Crippen LogP contribution in [-0.2, 0) is 14.3 Å². The molecule has 0 radical (unpaired) electrons. The first-order valence-corrected chi connectivity index (χ1v) is 9.98. The zero-order valence-electron chi connectivity index (χ0n) is 17.1. The first-order valence-electron chi connectivity index (χ1n) is 9.98. The molecule has 2 heterocycles. The molecule has 0 saturated carbocycles. The number of hydrogen-bond donors (Lipinski definition) is 0. The lowest BCUT2D eigenvalue weighted by Crippen LogP contribution is -2.52. The minimum Gasteiger partial charge on any atom is -0.374 e. The summed E-state index contributed by atoms with van der Waals surface area (Å²) in [7, 11) is 0. The van der Waals surface area contributed by atoms with Gasteiger partial charge in [0.2, 0.25) is 0 Å². The van der Waals surface area contributed by atoms with Crippen LogP contribution >= 0.6 is 0 Å². The maximum absolute atomic E-state index is 10.6. The van der Waals surface area contributed by atoms with Crippen LogP contribution in [0.15, 0.2) is 12.2 Å². The molecule has 2 fully saturated rings. The molecule has 0 amide bonds. The van der Waals surface area contributed by atoms with E-state index in [-0.39, 0.29) is 29.1 Å². The van der Waals surface area contributed by atoms with Crippen LogP contribution in [0, 0.1) is 16.7 Å². The second-order valence-corrected chi connectivity index (χ2v) is 9.89. The van der Waals surface area contributed by atoms with Crippen molar-refractivity contribution in [3.8, 4) is 0 Å². The van der Waals surface area contributed by atoms with Crippen molar-refractivity contribution in [2.75, 3.05) is 0 Å². The van der Waals surface area contributed by atoms with Crippen molar-refractivity contribution in [1.82, 2.24) is 0 Å². The Morgan fingerprint density at radius 3 is 2.44 bits per heavy atom. The molecule has 3 nitrogen and oxygen atoms in total. The molecule has 0 N–H and O–H groups in total. The molecule has 3 heteroatoms. The standard InChI is InChI=1S/C22H38O3/c1-15-13-17(9-8-12-23)24-19(15)11-10-18-14-16(2)22(6,7)20(25-18)21(3,4)5/h12,16-20H,1,8-11,13-14H2,2-7H3/t16-,17?,18+,19?,20-/m1/s1. The molecular formula is C22H38O3. The number of ether oxygens (including phenoxy) is 2. The van der Waals surface area contributed by atoms with Crippen molar-refractivity contribution in [1.29, 1.82) is 0 Å². The SMILES string of the molecule is C=C1CC(CCC=O)OC1CC[C@H]1C[C@@H](C)C(C)(C)[C@@H](C(C)(C)C)O1. The quantitative estimate of drug-likeness (QED) is 0.480. The summed E-state index contributed by atoms with van der Waals surface area (Å²) < 4.78 is 12.7. The van der Waals surface area contributed by atoms with E-state index in [4.69, 9.17) is 9.47 Å². The largest absolute Gasteiger partial charge is 0.374 e. The first kappa shape index (κ1) is 20.6. The average Bonchev–Trinajstić information content (AvgIpc) is 2.85. The predicted octanol–water partition coefficient (Wildman–Crippen LogP) is 5.33. The second kappa shape index (κ2) is 7.92. The number of carbonyl (C=O) groups excluding carboxylic acids is 1. The zero-order chi connectivity index (χ0) is 18.8. The Labute approximate surface area is 154 Å². The van der Waals surface area contributed by atoms with Crippen molar-refractivity contribution in [2.24, 2.45) is 16.7 Å². The zero-order valence-corrected chi connectivity index (χ0v) is 17.1. The number of aldehydes is 1. The van der Waals surface area contributed by atoms with E-state index in [1.54, 1.807) is 0 Å². The van der Waals surface area contributed by atoms with Crippen LogP contribution in [0.1, 0.15) is 80.1 Å². The third-order valence-electron chi connectivity index (χ3n) is 6.34. The van der Waals surface area contributed by atoms with Crippen LogP contribution in [0.3, 0.4) is 0 Å². The first-order chi connectivity index (χ1) is 11.6. The normalized spacial score (nSPS) is 35.8. The summed E-state index contributed by atoms with van der Waals surface area (Å²) >= 11 is 0. The van der Waals surface area contributed by atoms with Gasteiger partial charge < -0.3 is 14.3 Å². The van der Waals surface area contributed by atoms with Gasteiger partial charge in [-0.3, -0.25) is 0 Å². The molecule has 2 saturated heterocycles. The molecule has 144 valence electrons. The highest BCUT2D eigenvalue weighted by molar-refractivity contribution is 5.49. The van der Waals surface area contributed by atoms with Crippen molar-refractivity contribution in [3.05, 3.63) is 12.2 Å². The van der Waals surface area contributed by atoms with Crippen LogP contribution in [0.25, 0.3) is 0 Å². The van der Waals surface area contributed by atoms with E-state index in [9.17, 15) is 4.79 Å². The van der Waals surface area contributed by atoms with Crippen LogP contribution in [-0.4, -0.2) is 30.7 Å². The highest BCUT2D eigenvalue weighted by Crippen LogP contribution is 2.48. The highest BCUT2D eigenvalue weighted by atomic mass is 16.5. The van der Waals surface area contributed by atoms with E-state index in [0.717, 1.165) is 38.4 Å². The molecule has 0 aromatic heterocycles. The Morgan fingerprint density at radius 1 is 1.16 bits per heavy atom. The van der Waals surface area contributed by atoms with Gasteiger partial charge >= 0.3 is 0 Å². The van der Waals surface area contributed by atoms with Gasteiger partial charge in [-0.1, -0.05) is 48.1 Å². The molecule has 2 aliphatic rings. The molecule has 2 unspecified atom stereocenters. The Balaban J connectivity index is 1.91. The lowest BCUT2D eigenvalue weighted by molar-refractivity contribution is -0.186. The number of rotatable bonds is 6. The van der Waals surface area contributed by atoms with Gasteiger partial charge in [-0.15, -0.1) is 0 Å². The molecular weight excluding hydrogens is 312 g/mol. The van der Waals surface area contributed by atoms with Gasteiger partial charge in [0, 0.05) is 6.42 Å². The maximum atomic E-state index is 10.6. The number of carbonyl (C=O) groups is 1. The van der Waals surface area contributed by atoms with Gasteiger partial charge in [-0.05, 0) is 54.4 Å². The fourth-order valence-electron chi connectivity index (χ4n) is 4.72. The summed E-state index contributed by atoms with van der Waals surface area (Å²) in [5.41, 5.74) is 1.53. The highest BCUT2D eigenvalue weighted by Gasteiger charge is 2.47. The summed E-state index contributed by atoms with van der Waals surface area (Å²) in [6.07, 6.45) is 7.28. The number of hydrogen-bond acceptors (Lipinski definition) is 3. The van der Waals surface area contributed by atoms with Crippen molar-refractivity contribution in [2.45, 2.75) is 104 Å². The van der Waals surface area contributed by atoms with E-state index in [1.165, 1.54) is 5.57 Å². The van der Waals surface area contributed by atoms with Gasteiger partial charge in [0.05, 0.1) is 24.4 Å². The molecule has 0 aliphatic carbocycles. The summed E-state index contributed by atoms with van der Waals surface area (Å²) in [4.78, 5) is 10.6. The Bertz CT molecular complexity index is 474. The topological polar surface area (TPSA) is 35.5 Å². The van der Waals surface area contributed by atoms with Gasteiger partial charge in [0.25, 0.3) is 0 Å². The Morgan fingerprint density at radius 2 is 1.84 bits per heavy atom. The van der Waals surface area contributed by atoms with Crippen molar-refractivity contribution >= 4 is 6.29 Å². The lowest BCUT2D eigenvalue weighted by Gasteiger charge is -2.52. The molecule has 2 aliphatic heterocycles. The second-order valence-electron chi connectivity index (χ2n) is 9.89. The van der Waals surface area contributed by atoms with Gasteiger partial charge in [0.1, 0.15) is 6.29 Å². The maximum Gasteiger partial charge on any atom is 0.120 e. The molecule has 5 atom stereocenters. The molecule has 0 aromatic carbocycles. The molecule has 0 aromatic rings. The van der Waals surface area contributed by atoms with Gasteiger partial charge in [0.15, 0.2) is 0 Å². The fraction of sp³-hybridized carbons (Fsp3) is 0.864. The van der Waals surface area contributed by atoms with E-state index in [0.29, 0.717) is 18.4 Å². The summed E-state index contributed by atoms with van der Waals surface area (Å²) in [6, 6.07) is 0. The predicted molar refractivity (Wildman–Crippen MR) is 103 cm³/mol. The van der Waals surface area contributed by atoms with Gasteiger partial charge in [-0.2, -0.15) is 0 Å². The van der Waals surface area contributed by atoms with E-state index in [1.807, 2.05) is 0 Å². The summed E-state index contributed by atoms with van der Waals surface area (Å²) in [5.74, 6) is 0.642. The average molecular weight is 351 g/mol. The fourth-order valence-corrected chi connectivity index (χ4v) is 4.72. The lowest BCUT2D eigenvalue weighted by atomic mass is 9.63. The summed E-state index contributed by atoms with van der Waals surface area (Å²) in [6.45, 7) is 18.1. The summed E-state index contributed by atoms with van der Waals surface area (Å²) in [5, 5.41) is 0. The Kier molecular flexibility index (Phi) is 6.54. The molecule has 2 rings (SSSR count). The van der Waals surface area contributed by atoms with E-state index < -0.39 is 0 Å². The van der Waals surface area contributed by atoms with Crippen LogP contribution in [0.4, 0.5) is 0 Å². The third-order valence-corrected chi connectivity index (χ3v) is 6.34. The van der Waals surface area contributed by atoms with Crippen molar-refractivity contribution in [3.63, 3.8) is 0 Å². The third kappa shape index (κ3) is 4.95. The van der Waals surface area contributed by atoms with Crippen LogP contribution in [0.5, 0.6) is 0 Å². The van der Waals surface area contributed by atoms with E-state index in [2.05, 4.69) is 48.1 Å². The molecule has 0 bridgehead atoms. The van der Waals surface area contributed by atoms with Crippen LogP contribution in [0.2, 0.25) is 0 Å². The monoisotopic (exact) mass is 350 g/mol. The molecule has 0 spiro atoms. The smallest absolute Gasteiger partial charge is 0.120 e. The van der Waals surface area contributed by atoms with Crippen molar-refractivity contribution < 1.29 is 14.3 Å². The minimum absolute atomic E-state index is 0.138. The van der Waals surface area contributed by atoms with E-state index >= 15 is 0 Å². The van der Waals surface area contributed by atoms with Crippen LogP contribution < -0.4 is 0 Å². The van der Waals surface area contributed by atoms with Gasteiger partial charge in [-0.25, -0.2) is 0 Å².